The van der Waals surface area contributed by atoms with Gasteiger partial charge in [-0.25, -0.2) is 4.68 Å². The zero-order valence-electron chi connectivity index (χ0n) is 12.1. The fourth-order valence-electron chi connectivity index (χ4n) is 2.00. The van der Waals surface area contributed by atoms with Crippen molar-refractivity contribution in [3.63, 3.8) is 0 Å². The second-order valence-corrected chi connectivity index (χ2v) is 4.96. The number of nitrogens with zero attached hydrogens (tertiary/aromatic N) is 5. The molecule has 112 valence electrons. The molecular weight excluding hydrogens is 284 g/mol. The molecular formula is C14H14N6O2. The molecule has 8 nitrogen and oxygen atoms in total. The van der Waals surface area contributed by atoms with E-state index in [4.69, 9.17) is 0 Å². The molecule has 0 aliphatic rings. The first-order chi connectivity index (χ1) is 10.6. The molecule has 0 aliphatic heterocycles. The van der Waals surface area contributed by atoms with Gasteiger partial charge in [-0.3, -0.25) is 4.79 Å². The largest absolute Gasteiger partial charge is 0.363 e. The summed E-state index contributed by atoms with van der Waals surface area (Å²) in [6.45, 7) is 3.97. The lowest BCUT2D eigenvalue weighted by Gasteiger charge is -2.08. The molecule has 1 amide bonds. The maximum Gasteiger partial charge on any atom is 0.256 e. The molecule has 3 rings (SSSR count). The van der Waals surface area contributed by atoms with E-state index < -0.39 is 0 Å². The van der Waals surface area contributed by atoms with Crippen molar-refractivity contribution in [2.45, 2.75) is 19.9 Å². The smallest absolute Gasteiger partial charge is 0.256 e. The van der Waals surface area contributed by atoms with Crippen LogP contribution in [0.3, 0.4) is 0 Å². The second-order valence-electron chi connectivity index (χ2n) is 4.96. The average molecular weight is 298 g/mol. The topological polar surface area (TPSA) is 98.7 Å². The van der Waals surface area contributed by atoms with E-state index in [0.29, 0.717) is 17.2 Å². The minimum Gasteiger partial charge on any atom is -0.363 e. The third-order valence-electron chi connectivity index (χ3n) is 3.04. The van der Waals surface area contributed by atoms with Gasteiger partial charge < -0.3 is 9.84 Å². The standard InChI is InChI=1S/C14H14N6O2/c1-9(2)20-13(16-18-19-20)10-4-3-5-11(8-10)14(21)15-12-6-7-22-17-12/h3-9H,1-2H3,(H,15,17,21). The summed E-state index contributed by atoms with van der Waals surface area (Å²) in [6.07, 6.45) is 1.39. The Kier molecular flexibility index (Phi) is 3.65. The molecule has 0 bridgehead atoms. The fourth-order valence-corrected chi connectivity index (χ4v) is 2.00. The number of aromatic nitrogens is 5. The van der Waals surface area contributed by atoms with Gasteiger partial charge in [0.15, 0.2) is 11.6 Å². The van der Waals surface area contributed by atoms with Gasteiger partial charge in [0.2, 0.25) is 0 Å². The highest BCUT2D eigenvalue weighted by atomic mass is 16.5. The van der Waals surface area contributed by atoms with Crippen molar-refractivity contribution in [3.8, 4) is 11.4 Å². The van der Waals surface area contributed by atoms with Crippen LogP contribution in [0.2, 0.25) is 0 Å². The number of benzene rings is 1. The summed E-state index contributed by atoms with van der Waals surface area (Å²) >= 11 is 0. The van der Waals surface area contributed by atoms with Gasteiger partial charge in [-0.15, -0.1) is 5.10 Å². The minimum absolute atomic E-state index is 0.123. The number of tetrazole rings is 1. The average Bonchev–Trinajstić information content (AvgIpc) is 3.18. The van der Waals surface area contributed by atoms with E-state index in [1.54, 1.807) is 28.9 Å². The molecule has 22 heavy (non-hydrogen) atoms. The number of anilines is 1. The molecule has 0 radical (unpaired) electrons. The molecule has 0 unspecified atom stereocenters. The number of rotatable bonds is 4. The van der Waals surface area contributed by atoms with Crippen LogP contribution in [0.15, 0.2) is 41.1 Å². The van der Waals surface area contributed by atoms with Gasteiger partial charge >= 0.3 is 0 Å². The number of carbonyl (C=O) groups is 1. The van der Waals surface area contributed by atoms with E-state index >= 15 is 0 Å². The lowest BCUT2D eigenvalue weighted by atomic mass is 10.1. The maximum atomic E-state index is 12.2. The molecule has 0 saturated heterocycles. The first-order valence-corrected chi connectivity index (χ1v) is 6.75. The number of nitrogens with one attached hydrogen (secondary N) is 1. The van der Waals surface area contributed by atoms with E-state index in [9.17, 15) is 4.79 Å². The van der Waals surface area contributed by atoms with Gasteiger partial charge in [0.1, 0.15) is 6.26 Å². The van der Waals surface area contributed by atoms with Gasteiger partial charge in [0, 0.05) is 17.2 Å². The zero-order valence-corrected chi connectivity index (χ0v) is 12.1. The van der Waals surface area contributed by atoms with Crippen molar-refractivity contribution in [3.05, 3.63) is 42.2 Å². The Morgan fingerprint density at radius 1 is 1.32 bits per heavy atom. The van der Waals surface area contributed by atoms with Crippen molar-refractivity contribution in [2.75, 3.05) is 5.32 Å². The highest BCUT2D eigenvalue weighted by Gasteiger charge is 2.14. The Morgan fingerprint density at radius 2 is 2.18 bits per heavy atom. The summed E-state index contributed by atoms with van der Waals surface area (Å²) in [4.78, 5) is 12.2. The minimum atomic E-state index is -0.278. The highest BCUT2D eigenvalue weighted by Crippen LogP contribution is 2.20. The van der Waals surface area contributed by atoms with Crippen LogP contribution in [0.5, 0.6) is 0 Å². The van der Waals surface area contributed by atoms with Gasteiger partial charge in [-0.2, -0.15) is 0 Å². The molecule has 1 N–H and O–H groups in total. The summed E-state index contributed by atoms with van der Waals surface area (Å²) in [7, 11) is 0. The first-order valence-electron chi connectivity index (χ1n) is 6.75. The lowest BCUT2D eigenvalue weighted by Crippen LogP contribution is -2.12. The van der Waals surface area contributed by atoms with Crippen molar-refractivity contribution in [1.29, 1.82) is 0 Å². The summed E-state index contributed by atoms with van der Waals surface area (Å²) in [6, 6.07) is 8.78. The number of carbonyl (C=O) groups excluding carboxylic acids is 1. The molecule has 8 heteroatoms. The van der Waals surface area contributed by atoms with Crippen LogP contribution < -0.4 is 5.32 Å². The first kappa shape index (κ1) is 13.9. The third kappa shape index (κ3) is 2.71. The van der Waals surface area contributed by atoms with Crippen molar-refractivity contribution in [1.82, 2.24) is 25.4 Å². The molecule has 3 aromatic rings. The van der Waals surface area contributed by atoms with Crippen molar-refractivity contribution in [2.24, 2.45) is 0 Å². The van der Waals surface area contributed by atoms with Gasteiger partial charge in [0.25, 0.3) is 5.91 Å². The van der Waals surface area contributed by atoms with E-state index in [1.807, 2.05) is 19.9 Å². The quantitative estimate of drug-likeness (QED) is 0.792. The second kappa shape index (κ2) is 5.76. The van der Waals surface area contributed by atoms with Gasteiger partial charge in [-0.1, -0.05) is 17.3 Å². The predicted octanol–water partition coefficient (Wildman–Crippen LogP) is 2.16. The van der Waals surface area contributed by atoms with Crippen LogP contribution in [-0.4, -0.2) is 31.3 Å². The van der Waals surface area contributed by atoms with Crippen LogP contribution in [0.4, 0.5) is 5.82 Å². The van der Waals surface area contributed by atoms with Crippen LogP contribution in [0.1, 0.15) is 30.2 Å². The highest BCUT2D eigenvalue weighted by molar-refractivity contribution is 6.04. The number of hydrogen-bond acceptors (Lipinski definition) is 6. The Labute approximate surface area is 126 Å². The Hall–Kier alpha value is -3.03. The summed E-state index contributed by atoms with van der Waals surface area (Å²) in [5.74, 6) is 0.702. The predicted molar refractivity (Wildman–Crippen MR) is 78.1 cm³/mol. The summed E-state index contributed by atoms with van der Waals surface area (Å²) in [5.41, 5.74) is 1.25. The SMILES string of the molecule is CC(C)n1nnnc1-c1cccc(C(=O)Nc2ccon2)c1. The van der Waals surface area contributed by atoms with Crippen LogP contribution in [0.25, 0.3) is 11.4 Å². The summed E-state index contributed by atoms with van der Waals surface area (Å²) < 4.78 is 6.38. The van der Waals surface area contributed by atoms with Crippen LogP contribution in [0, 0.1) is 0 Å². The normalized spacial score (nSPS) is 10.9. The molecule has 0 aliphatic carbocycles. The van der Waals surface area contributed by atoms with Gasteiger partial charge in [-0.05, 0) is 36.4 Å². The molecule has 0 saturated carbocycles. The van der Waals surface area contributed by atoms with E-state index in [1.165, 1.54) is 6.26 Å². The molecule has 0 spiro atoms. The van der Waals surface area contributed by atoms with Crippen molar-refractivity contribution >= 4 is 11.7 Å². The van der Waals surface area contributed by atoms with Crippen LogP contribution >= 0.6 is 0 Å². The molecule has 2 heterocycles. The molecule has 0 fully saturated rings. The number of hydrogen-bond donors (Lipinski definition) is 1. The summed E-state index contributed by atoms with van der Waals surface area (Å²) in [5, 5.41) is 18.0. The molecule has 0 atom stereocenters. The van der Waals surface area contributed by atoms with Gasteiger partial charge in [0.05, 0.1) is 6.04 Å². The Morgan fingerprint density at radius 3 is 2.91 bits per heavy atom. The Bertz CT molecular complexity index is 778. The monoisotopic (exact) mass is 298 g/mol. The van der Waals surface area contributed by atoms with Crippen LogP contribution in [-0.2, 0) is 0 Å². The molecule has 1 aromatic carbocycles. The fraction of sp³-hybridized carbons (Fsp3) is 0.214. The Balaban J connectivity index is 1.89. The molecule has 2 aromatic heterocycles. The number of amides is 1. The van der Waals surface area contributed by atoms with E-state index in [2.05, 4.69) is 30.5 Å². The van der Waals surface area contributed by atoms with E-state index in [0.717, 1.165) is 5.56 Å². The zero-order chi connectivity index (χ0) is 15.5. The van der Waals surface area contributed by atoms with E-state index in [-0.39, 0.29) is 11.9 Å². The third-order valence-corrected chi connectivity index (χ3v) is 3.04. The lowest BCUT2D eigenvalue weighted by molar-refractivity contribution is 0.102. The van der Waals surface area contributed by atoms with Crippen molar-refractivity contribution < 1.29 is 9.32 Å². The maximum absolute atomic E-state index is 12.2.